The molecular formula is C23H18FN7O. The number of carbonyl (C=O) groups excluding carboxylic acids is 1. The Morgan fingerprint density at radius 2 is 2.00 bits per heavy atom. The SMILES string of the molecule is Cn1cc(-c2cc(C(=O)Nc3ncn(Cc4cccc(F)c4)n3)c3ccccc3n2)cn1. The van der Waals surface area contributed by atoms with Crippen molar-refractivity contribution in [3.05, 3.63) is 90.3 Å². The Morgan fingerprint density at radius 3 is 2.81 bits per heavy atom. The van der Waals surface area contributed by atoms with Crippen LogP contribution in [0.3, 0.4) is 0 Å². The number of fused-ring (bicyclic) bond motifs is 1. The second-order valence-corrected chi connectivity index (χ2v) is 7.32. The maximum atomic E-state index is 13.4. The molecule has 1 N–H and O–H groups in total. The quantitative estimate of drug-likeness (QED) is 0.462. The zero-order valence-corrected chi connectivity index (χ0v) is 17.1. The highest BCUT2D eigenvalue weighted by Gasteiger charge is 2.16. The maximum absolute atomic E-state index is 13.4. The van der Waals surface area contributed by atoms with Crippen molar-refractivity contribution < 1.29 is 9.18 Å². The minimum Gasteiger partial charge on any atom is -0.289 e. The molecule has 8 nitrogen and oxygen atoms in total. The van der Waals surface area contributed by atoms with E-state index in [0.29, 0.717) is 23.3 Å². The predicted molar refractivity (Wildman–Crippen MR) is 117 cm³/mol. The number of aromatic nitrogens is 6. The molecule has 0 radical (unpaired) electrons. The molecule has 0 aliphatic rings. The number of rotatable bonds is 5. The highest BCUT2D eigenvalue weighted by Crippen LogP contribution is 2.25. The number of carbonyl (C=O) groups is 1. The van der Waals surface area contributed by atoms with Crippen LogP contribution in [0.1, 0.15) is 15.9 Å². The smallest absolute Gasteiger partial charge is 0.258 e. The first-order valence-electron chi connectivity index (χ1n) is 9.89. The molecule has 0 unspecified atom stereocenters. The molecule has 158 valence electrons. The number of halogens is 1. The molecular weight excluding hydrogens is 409 g/mol. The van der Waals surface area contributed by atoms with Gasteiger partial charge in [0.15, 0.2) is 0 Å². The van der Waals surface area contributed by atoms with E-state index >= 15 is 0 Å². The Kier molecular flexibility index (Phi) is 4.91. The summed E-state index contributed by atoms with van der Waals surface area (Å²) in [6.07, 6.45) is 5.04. The number of benzene rings is 2. The van der Waals surface area contributed by atoms with E-state index in [-0.39, 0.29) is 17.7 Å². The van der Waals surface area contributed by atoms with Crippen molar-refractivity contribution >= 4 is 22.8 Å². The Labute approximate surface area is 182 Å². The van der Waals surface area contributed by atoms with E-state index in [9.17, 15) is 9.18 Å². The van der Waals surface area contributed by atoms with Gasteiger partial charge in [0, 0.05) is 24.2 Å². The van der Waals surface area contributed by atoms with Crippen molar-refractivity contribution in [2.45, 2.75) is 6.54 Å². The van der Waals surface area contributed by atoms with Gasteiger partial charge in [0.25, 0.3) is 5.91 Å². The van der Waals surface area contributed by atoms with Crippen molar-refractivity contribution in [1.29, 1.82) is 0 Å². The highest BCUT2D eigenvalue weighted by atomic mass is 19.1. The minimum atomic E-state index is -0.350. The summed E-state index contributed by atoms with van der Waals surface area (Å²) in [5.74, 6) is -0.502. The minimum absolute atomic E-state index is 0.162. The number of nitrogens with zero attached hydrogens (tertiary/aromatic N) is 6. The van der Waals surface area contributed by atoms with Crippen molar-refractivity contribution in [2.75, 3.05) is 5.32 Å². The normalized spacial score (nSPS) is 11.1. The van der Waals surface area contributed by atoms with Gasteiger partial charge in [0.1, 0.15) is 12.1 Å². The fourth-order valence-electron chi connectivity index (χ4n) is 3.48. The van der Waals surface area contributed by atoms with Gasteiger partial charge >= 0.3 is 0 Å². The topological polar surface area (TPSA) is 90.5 Å². The Hall–Kier alpha value is -4.40. The van der Waals surface area contributed by atoms with Crippen LogP contribution in [0.25, 0.3) is 22.2 Å². The molecule has 3 aromatic heterocycles. The number of nitrogens with one attached hydrogen (secondary N) is 1. The van der Waals surface area contributed by atoms with Crippen molar-refractivity contribution in [3.8, 4) is 11.3 Å². The lowest BCUT2D eigenvalue weighted by Crippen LogP contribution is -2.14. The molecule has 1 amide bonds. The third kappa shape index (κ3) is 3.95. The molecule has 0 saturated heterocycles. The fourth-order valence-corrected chi connectivity index (χ4v) is 3.48. The van der Waals surface area contributed by atoms with Gasteiger partial charge in [-0.2, -0.15) is 5.10 Å². The van der Waals surface area contributed by atoms with Gasteiger partial charge < -0.3 is 0 Å². The van der Waals surface area contributed by atoms with E-state index in [1.54, 1.807) is 29.1 Å². The molecule has 0 atom stereocenters. The molecule has 9 heteroatoms. The third-order valence-corrected chi connectivity index (χ3v) is 4.96. The number of hydrogen-bond donors (Lipinski definition) is 1. The van der Waals surface area contributed by atoms with Crippen LogP contribution in [-0.4, -0.2) is 35.4 Å². The zero-order chi connectivity index (χ0) is 22.1. The Bertz CT molecular complexity index is 1440. The average Bonchev–Trinajstić information content (AvgIpc) is 3.41. The third-order valence-electron chi connectivity index (χ3n) is 4.96. The molecule has 0 saturated carbocycles. The van der Waals surface area contributed by atoms with Crippen molar-refractivity contribution in [3.63, 3.8) is 0 Å². The molecule has 0 aliphatic heterocycles. The maximum Gasteiger partial charge on any atom is 0.258 e. The predicted octanol–water partition coefficient (Wildman–Crippen LogP) is 3.67. The molecule has 0 bridgehead atoms. The van der Waals surface area contributed by atoms with Gasteiger partial charge in [-0.05, 0) is 29.8 Å². The summed E-state index contributed by atoms with van der Waals surface area (Å²) in [5, 5.41) is 11.9. The lowest BCUT2D eigenvalue weighted by Gasteiger charge is -2.08. The Balaban J connectivity index is 1.43. The summed E-state index contributed by atoms with van der Waals surface area (Å²) in [5.41, 5.74) is 3.35. The molecule has 0 fully saturated rings. The zero-order valence-electron chi connectivity index (χ0n) is 17.1. The van der Waals surface area contributed by atoms with E-state index < -0.39 is 0 Å². The lowest BCUT2D eigenvalue weighted by atomic mass is 10.1. The fraction of sp³-hybridized carbons (Fsp3) is 0.0870. The Morgan fingerprint density at radius 1 is 1.12 bits per heavy atom. The first-order chi connectivity index (χ1) is 15.5. The van der Waals surface area contributed by atoms with Gasteiger partial charge in [0.2, 0.25) is 5.95 Å². The molecule has 32 heavy (non-hydrogen) atoms. The number of aryl methyl sites for hydroxylation is 1. The van der Waals surface area contributed by atoms with Crippen LogP contribution in [0, 0.1) is 5.82 Å². The first kappa shape index (κ1) is 19.6. The standard InChI is InChI=1S/C23H18FN7O/c1-30-13-16(11-26-30)21-10-19(18-7-2-3-8-20(18)27-21)22(32)28-23-25-14-31(29-23)12-15-5-4-6-17(24)9-15/h2-11,13-14H,12H2,1H3,(H,28,29,32). The van der Waals surface area contributed by atoms with Gasteiger partial charge in [-0.25, -0.2) is 19.0 Å². The molecule has 2 aromatic carbocycles. The van der Waals surface area contributed by atoms with E-state index in [1.807, 2.05) is 37.5 Å². The van der Waals surface area contributed by atoms with Crippen LogP contribution in [0.4, 0.5) is 10.3 Å². The largest absolute Gasteiger partial charge is 0.289 e. The summed E-state index contributed by atoms with van der Waals surface area (Å²) in [7, 11) is 1.82. The average molecular weight is 427 g/mol. The first-order valence-corrected chi connectivity index (χ1v) is 9.89. The van der Waals surface area contributed by atoms with E-state index in [0.717, 1.165) is 16.5 Å². The number of para-hydroxylation sites is 1. The number of pyridine rings is 1. The molecule has 0 spiro atoms. The summed E-state index contributed by atoms with van der Waals surface area (Å²) >= 11 is 0. The van der Waals surface area contributed by atoms with Crippen molar-refractivity contribution in [2.24, 2.45) is 7.05 Å². The number of anilines is 1. The summed E-state index contributed by atoms with van der Waals surface area (Å²) in [4.78, 5) is 22.0. The van der Waals surface area contributed by atoms with Gasteiger partial charge in [0.05, 0.1) is 29.5 Å². The lowest BCUT2D eigenvalue weighted by molar-refractivity contribution is 0.102. The van der Waals surface area contributed by atoms with Crippen LogP contribution >= 0.6 is 0 Å². The van der Waals surface area contributed by atoms with E-state index in [1.165, 1.54) is 23.1 Å². The molecule has 3 heterocycles. The highest BCUT2D eigenvalue weighted by molar-refractivity contribution is 6.12. The second kappa shape index (κ2) is 8.03. The van der Waals surface area contributed by atoms with Crippen LogP contribution in [0.2, 0.25) is 0 Å². The second-order valence-electron chi connectivity index (χ2n) is 7.32. The monoisotopic (exact) mass is 427 g/mol. The summed E-state index contributed by atoms with van der Waals surface area (Å²) in [6.45, 7) is 0.337. The molecule has 5 aromatic rings. The summed E-state index contributed by atoms with van der Waals surface area (Å²) in [6, 6.07) is 15.4. The van der Waals surface area contributed by atoms with E-state index in [4.69, 9.17) is 0 Å². The number of hydrogen-bond acceptors (Lipinski definition) is 5. The number of amides is 1. The van der Waals surface area contributed by atoms with Gasteiger partial charge in [-0.1, -0.05) is 30.3 Å². The van der Waals surface area contributed by atoms with E-state index in [2.05, 4.69) is 25.5 Å². The molecule has 5 rings (SSSR count). The van der Waals surface area contributed by atoms with Crippen LogP contribution in [-0.2, 0) is 13.6 Å². The van der Waals surface area contributed by atoms with Gasteiger partial charge in [-0.15, -0.1) is 5.10 Å². The summed E-state index contributed by atoms with van der Waals surface area (Å²) < 4.78 is 16.6. The molecule has 0 aliphatic carbocycles. The van der Waals surface area contributed by atoms with Crippen LogP contribution in [0.15, 0.2) is 73.3 Å². The van der Waals surface area contributed by atoms with Crippen molar-refractivity contribution in [1.82, 2.24) is 29.5 Å². The van der Waals surface area contributed by atoms with Crippen LogP contribution in [0.5, 0.6) is 0 Å². The van der Waals surface area contributed by atoms with Crippen LogP contribution < -0.4 is 5.32 Å². The van der Waals surface area contributed by atoms with Gasteiger partial charge in [-0.3, -0.25) is 14.8 Å².